The normalized spacial score (nSPS) is 19.1. The number of carbonyl (C=O) groups is 2. The van der Waals surface area contributed by atoms with Gasteiger partial charge in [0.1, 0.15) is 17.9 Å². The predicted molar refractivity (Wildman–Crippen MR) is 117 cm³/mol. The Hall–Kier alpha value is -3.46. The standard InChI is InChI=1S/C22H20ClFN4O4/c1-26-18(7-12-4-3-5-14(23)6-12)21(29)27(2)19(22(26)30)8-13-11-25-16-9-15(24)10-17(20(13)16)28(31)32/h3-6,9-11,18-19,25H,7-8H2,1-2H3/t18-,19-/m0/s1. The maximum absolute atomic E-state index is 13.8. The van der Waals surface area contributed by atoms with Crippen LogP contribution in [0.4, 0.5) is 10.1 Å². The molecule has 1 fully saturated rings. The molecule has 0 bridgehead atoms. The van der Waals surface area contributed by atoms with E-state index >= 15 is 0 Å². The van der Waals surface area contributed by atoms with Gasteiger partial charge in [-0.2, -0.15) is 0 Å². The molecule has 2 amide bonds. The lowest BCUT2D eigenvalue weighted by Crippen LogP contribution is -2.63. The molecule has 2 atom stereocenters. The summed E-state index contributed by atoms with van der Waals surface area (Å²) in [7, 11) is 3.12. The lowest BCUT2D eigenvalue weighted by atomic mass is 9.95. The molecule has 0 spiro atoms. The van der Waals surface area contributed by atoms with Gasteiger partial charge in [-0.3, -0.25) is 19.7 Å². The summed E-state index contributed by atoms with van der Waals surface area (Å²) < 4.78 is 13.8. The number of H-pyrrole nitrogens is 1. The van der Waals surface area contributed by atoms with Crippen molar-refractivity contribution in [1.82, 2.24) is 14.8 Å². The second kappa shape index (κ2) is 8.23. The first-order valence-electron chi connectivity index (χ1n) is 9.89. The number of nitro groups is 1. The molecule has 8 nitrogen and oxygen atoms in total. The van der Waals surface area contributed by atoms with Crippen molar-refractivity contribution in [2.24, 2.45) is 0 Å². The van der Waals surface area contributed by atoms with Crippen molar-refractivity contribution in [3.05, 3.63) is 74.7 Å². The molecule has 0 saturated carbocycles. The Morgan fingerprint density at radius 2 is 1.75 bits per heavy atom. The van der Waals surface area contributed by atoms with Gasteiger partial charge in [0.15, 0.2) is 0 Å². The van der Waals surface area contributed by atoms with Crippen LogP contribution in [0.2, 0.25) is 5.02 Å². The highest BCUT2D eigenvalue weighted by molar-refractivity contribution is 6.30. The second-order valence-electron chi connectivity index (χ2n) is 7.89. The maximum atomic E-state index is 13.8. The number of non-ortho nitro benzene ring substituents is 1. The van der Waals surface area contributed by atoms with E-state index in [2.05, 4.69) is 4.98 Å². The van der Waals surface area contributed by atoms with Gasteiger partial charge in [-0.25, -0.2) is 4.39 Å². The summed E-state index contributed by atoms with van der Waals surface area (Å²) >= 11 is 6.04. The minimum absolute atomic E-state index is 0.0573. The molecular formula is C22H20ClFN4O4. The highest BCUT2D eigenvalue weighted by Crippen LogP contribution is 2.32. The predicted octanol–water partition coefficient (Wildman–Crippen LogP) is 3.32. The van der Waals surface area contributed by atoms with Crippen LogP contribution in [0.25, 0.3) is 10.9 Å². The molecule has 0 unspecified atom stereocenters. The first-order valence-corrected chi connectivity index (χ1v) is 10.3. The monoisotopic (exact) mass is 458 g/mol. The van der Waals surface area contributed by atoms with Gasteiger partial charge in [0, 0.05) is 38.2 Å². The minimum Gasteiger partial charge on any atom is -0.361 e. The van der Waals surface area contributed by atoms with Crippen molar-refractivity contribution in [2.45, 2.75) is 24.9 Å². The van der Waals surface area contributed by atoms with E-state index in [0.717, 1.165) is 17.7 Å². The van der Waals surface area contributed by atoms with Crippen molar-refractivity contribution < 1.29 is 18.9 Å². The highest BCUT2D eigenvalue weighted by Gasteiger charge is 2.43. The van der Waals surface area contributed by atoms with Crippen molar-refractivity contribution in [2.75, 3.05) is 14.1 Å². The fourth-order valence-corrected chi connectivity index (χ4v) is 4.45. The van der Waals surface area contributed by atoms with E-state index in [1.807, 2.05) is 6.07 Å². The number of nitro benzene ring substituents is 1. The number of nitrogens with zero attached hydrogens (tertiary/aromatic N) is 3. The summed E-state index contributed by atoms with van der Waals surface area (Å²) in [5, 5.41) is 12.2. The number of carbonyl (C=O) groups excluding carboxylic acids is 2. The van der Waals surface area contributed by atoms with Gasteiger partial charge in [-0.05, 0) is 29.3 Å². The van der Waals surface area contributed by atoms with Crippen LogP contribution in [0.3, 0.4) is 0 Å². The molecule has 1 aliphatic rings. The average molecular weight is 459 g/mol. The highest BCUT2D eigenvalue weighted by atomic mass is 35.5. The van der Waals surface area contributed by atoms with Crippen molar-refractivity contribution >= 4 is 40.0 Å². The van der Waals surface area contributed by atoms with Crippen LogP contribution in [0, 0.1) is 15.9 Å². The van der Waals surface area contributed by atoms with Crippen LogP contribution in [0.5, 0.6) is 0 Å². The fourth-order valence-electron chi connectivity index (χ4n) is 4.24. The number of benzene rings is 2. The summed E-state index contributed by atoms with van der Waals surface area (Å²) in [4.78, 5) is 42.7. The third kappa shape index (κ3) is 3.80. The summed E-state index contributed by atoms with van der Waals surface area (Å²) in [6.45, 7) is 0. The van der Waals surface area contributed by atoms with Crippen LogP contribution in [0.15, 0.2) is 42.6 Å². The molecule has 166 valence electrons. The first-order chi connectivity index (χ1) is 15.2. The second-order valence-corrected chi connectivity index (χ2v) is 8.32. The average Bonchev–Trinajstić information content (AvgIpc) is 3.14. The molecule has 0 radical (unpaired) electrons. The SMILES string of the molecule is CN1C(=O)[C@H](Cc2c[nH]c3cc(F)cc([N+](=O)[O-])c23)N(C)C(=O)[C@@H]1Cc1cccc(Cl)c1. The van der Waals surface area contributed by atoms with Gasteiger partial charge in [-0.15, -0.1) is 0 Å². The Bertz CT molecular complexity index is 1240. The smallest absolute Gasteiger partial charge is 0.281 e. The molecule has 0 aliphatic carbocycles. The van der Waals surface area contributed by atoms with Gasteiger partial charge in [-0.1, -0.05) is 23.7 Å². The van der Waals surface area contributed by atoms with Crippen LogP contribution < -0.4 is 0 Å². The van der Waals surface area contributed by atoms with E-state index in [-0.39, 0.29) is 34.8 Å². The quantitative estimate of drug-likeness (QED) is 0.468. The summed E-state index contributed by atoms with van der Waals surface area (Å²) in [6.07, 6.45) is 1.89. The summed E-state index contributed by atoms with van der Waals surface area (Å²) in [6, 6.07) is 7.60. The number of aromatic nitrogens is 1. The van der Waals surface area contributed by atoms with Gasteiger partial charge < -0.3 is 14.8 Å². The first kappa shape index (κ1) is 21.8. The molecule has 1 N–H and O–H groups in total. The number of rotatable bonds is 5. The number of likely N-dealkylation sites (N-methyl/N-ethyl adjacent to an activating group) is 2. The number of hydrogen-bond donors (Lipinski definition) is 1. The fraction of sp³-hybridized carbons (Fsp3) is 0.273. The van der Waals surface area contributed by atoms with Crippen LogP contribution in [-0.2, 0) is 22.4 Å². The maximum Gasteiger partial charge on any atom is 0.281 e. The number of hydrogen-bond acceptors (Lipinski definition) is 4. The van der Waals surface area contributed by atoms with E-state index < -0.39 is 22.8 Å². The van der Waals surface area contributed by atoms with E-state index in [4.69, 9.17) is 11.6 Å². The van der Waals surface area contributed by atoms with Gasteiger partial charge in [0.05, 0.1) is 21.9 Å². The lowest BCUT2D eigenvalue weighted by Gasteiger charge is -2.42. The zero-order valence-corrected chi connectivity index (χ0v) is 18.1. The number of fused-ring (bicyclic) bond motifs is 1. The molecule has 3 aromatic rings. The Labute approximate surface area is 187 Å². The van der Waals surface area contributed by atoms with Crippen molar-refractivity contribution in [1.29, 1.82) is 0 Å². The largest absolute Gasteiger partial charge is 0.361 e. The van der Waals surface area contributed by atoms with Crippen LogP contribution in [0.1, 0.15) is 11.1 Å². The molecule has 2 heterocycles. The third-order valence-electron chi connectivity index (χ3n) is 5.93. The molecule has 1 aliphatic heterocycles. The van der Waals surface area contributed by atoms with Crippen molar-refractivity contribution in [3.63, 3.8) is 0 Å². The number of aromatic amines is 1. The number of amides is 2. The molecular weight excluding hydrogens is 439 g/mol. The molecule has 4 rings (SSSR count). The molecule has 32 heavy (non-hydrogen) atoms. The van der Waals surface area contributed by atoms with Gasteiger partial charge in [0.2, 0.25) is 11.8 Å². The minimum atomic E-state index is -0.841. The summed E-state index contributed by atoms with van der Waals surface area (Å²) in [5.41, 5.74) is 1.17. The lowest BCUT2D eigenvalue weighted by molar-refractivity contribution is -0.383. The molecule has 10 heteroatoms. The molecule has 1 saturated heterocycles. The Kier molecular flexibility index (Phi) is 5.60. The zero-order chi connectivity index (χ0) is 23.2. The number of nitrogens with one attached hydrogen (secondary N) is 1. The Morgan fingerprint density at radius 1 is 1.09 bits per heavy atom. The Balaban J connectivity index is 1.63. The number of piperazine rings is 1. The molecule has 2 aromatic carbocycles. The molecule has 1 aromatic heterocycles. The van der Waals surface area contributed by atoms with Crippen molar-refractivity contribution in [3.8, 4) is 0 Å². The van der Waals surface area contributed by atoms with Crippen LogP contribution >= 0.6 is 11.6 Å². The van der Waals surface area contributed by atoms with E-state index in [0.29, 0.717) is 17.0 Å². The van der Waals surface area contributed by atoms with E-state index in [9.17, 15) is 24.1 Å². The third-order valence-corrected chi connectivity index (χ3v) is 6.17. The van der Waals surface area contributed by atoms with Crippen LogP contribution in [-0.4, -0.2) is 57.7 Å². The Morgan fingerprint density at radius 3 is 2.38 bits per heavy atom. The topological polar surface area (TPSA) is 99.5 Å². The van der Waals surface area contributed by atoms with E-state index in [1.165, 1.54) is 16.0 Å². The van der Waals surface area contributed by atoms with E-state index in [1.54, 1.807) is 32.3 Å². The zero-order valence-electron chi connectivity index (χ0n) is 17.3. The number of halogens is 2. The van der Waals surface area contributed by atoms with Gasteiger partial charge >= 0.3 is 0 Å². The van der Waals surface area contributed by atoms with Gasteiger partial charge in [0.25, 0.3) is 5.69 Å². The summed E-state index contributed by atoms with van der Waals surface area (Å²) in [5.74, 6) is -1.25.